The molecule has 0 saturated heterocycles. The molecular formula is C20H17F3N2OS2. The van der Waals surface area contributed by atoms with Crippen LogP contribution in [0.25, 0.3) is 0 Å². The van der Waals surface area contributed by atoms with Crippen LogP contribution in [0, 0.1) is 0 Å². The Labute approximate surface area is 169 Å². The Hall–Kier alpha value is -2.32. The van der Waals surface area contributed by atoms with Gasteiger partial charge in [-0.3, -0.25) is 4.79 Å². The van der Waals surface area contributed by atoms with Crippen molar-refractivity contribution in [1.29, 1.82) is 0 Å². The molecule has 1 atom stereocenters. The minimum absolute atomic E-state index is 0.123. The summed E-state index contributed by atoms with van der Waals surface area (Å²) in [5.74, 6) is 0.303. The molecular weight excluding hydrogens is 405 g/mol. The molecule has 3 nitrogen and oxygen atoms in total. The van der Waals surface area contributed by atoms with Crippen molar-refractivity contribution in [2.75, 3.05) is 5.75 Å². The molecule has 0 aliphatic rings. The molecule has 3 aromatic rings. The lowest BCUT2D eigenvalue weighted by molar-refractivity contribution is -0.137. The molecule has 0 fully saturated rings. The summed E-state index contributed by atoms with van der Waals surface area (Å²) in [6.45, 7) is 0. The third kappa shape index (κ3) is 5.59. The first-order valence-corrected chi connectivity index (χ1v) is 10.3. The molecule has 1 amide bonds. The summed E-state index contributed by atoms with van der Waals surface area (Å²) in [6, 6.07) is 15.7. The SMILES string of the molecule is O=C(CCSc1ccc(C(F)(F)F)cn1)NC(c1ccccc1)c1cccs1. The number of benzene rings is 1. The van der Waals surface area contributed by atoms with Crippen LogP contribution >= 0.6 is 23.1 Å². The van der Waals surface area contributed by atoms with Gasteiger partial charge in [0.15, 0.2) is 0 Å². The average Bonchev–Trinajstić information content (AvgIpc) is 3.21. The number of carbonyl (C=O) groups excluding carboxylic acids is 1. The summed E-state index contributed by atoms with van der Waals surface area (Å²) in [7, 11) is 0. The molecule has 2 aromatic heterocycles. The Morgan fingerprint density at radius 1 is 1.11 bits per heavy atom. The predicted molar refractivity (Wildman–Crippen MR) is 105 cm³/mol. The van der Waals surface area contributed by atoms with Gasteiger partial charge in [0.05, 0.1) is 16.6 Å². The van der Waals surface area contributed by atoms with E-state index in [1.807, 2.05) is 47.8 Å². The number of halogens is 3. The summed E-state index contributed by atoms with van der Waals surface area (Å²) in [4.78, 5) is 17.3. The number of alkyl halides is 3. The van der Waals surface area contributed by atoms with Crippen LogP contribution in [-0.2, 0) is 11.0 Å². The van der Waals surface area contributed by atoms with Crippen LogP contribution in [-0.4, -0.2) is 16.6 Å². The predicted octanol–water partition coefficient (Wildman–Crippen LogP) is 5.55. The standard InChI is InChI=1S/C20H17F3N2OS2/c21-20(22,23)15-8-9-18(24-13-15)28-12-10-17(26)25-19(16-7-4-11-27-16)14-5-2-1-3-6-14/h1-9,11,13,19H,10,12H2,(H,25,26). The van der Waals surface area contributed by atoms with Gasteiger partial charge in [-0.1, -0.05) is 36.4 Å². The first-order valence-electron chi connectivity index (χ1n) is 8.47. The van der Waals surface area contributed by atoms with Gasteiger partial charge < -0.3 is 5.32 Å². The van der Waals surface area contributed by atoms with Crippen LogP contribution < -0.4 is 5.32 Å². The Kier molecular flexibility index (Phi) is 6.74. The van der Waals surface area contributed by atoms with Gasteiger partial charge in [0, 0.05) is 23.2 Å². The van der Waals surface area contributed by atoms with Gasteiger partial charge >= 0.3 is 6.18 Å². The maximum atomic E-state index is 12.6. The summed E-state index contributed by atoms with van der Waals surface area (Å²) >= 11 is 2.82. The number of hydrogen-bond acceptors (Lipinski definition) is 4. The smallest absolute Gasteiger partial charge is 0.344 e. The van der Waals surface area contributed by atoms with Gasteiger partial charge in [0.1, 0.15) is 0 Å². The minimum atomic E-state index is -4.40. The zero-order valence-electron chi connectivity index (χ0n) is 14.6. The van der Waals surface area contributed by atoms with Crippen molar-refractivity contribution >= 4 is 29.0 Å². The summed E-state index contributed by atoms with van der Waals surface area (Å²) in [6.07, 6.45) is -3.35. The zero-order chi connectivity index (χ0) is 20.0. The average molecular weight is 422 g/mol. The number of nitrogens with one attached hydrogen (secondary N) is 1. The molecule has 0 spiro atoms. The van der Waals surface area contributed by atoms with Gasteiger partial charge in [-0.15, -0.1) is 23.1 Å². The second kappa shape index (κ2) is 9.25. The van der Waals surface area contributed by atoms with Crippen molar-refractivity contribution in [3.05, 3.63) is 82.2 Å². The van der Waals surface area contributed by atoms with Crippen LogP contribution in [0.1, 0.15) is 28.5 Å². The lowest BCUT2D eigenvalue weighted by atomic mass is 10.1. The number of carbonyl (C=O) groups is 1. The maximum Gasteiger partial charge on any atom is 0.417 e. The molecule has 2 heterocycles. The number of aromatic nitrogens is 1. The van der Waals surface area contributed by atoms with Gasteiger partial charge in [-0.05, 0) is 29.1 Å². The maximum absolute atomic E-state index is 12.6. The quantitative estimate of drug-likeness (QED) is 0.508. The highest BCUT2D eigenvalue weighted by atomic mass is 32.2. The van der Waals surface area contributed by atoms with Crippen molar-refractivity contribution in [1.82, 2.24) is 10.3 Å². The van der Waals surface area contributed by atoms with Crippen LogP contribution in [0.2, 0.25) is 0 Å². The summed E-state index contributed by atoms with van der Waals surface area (Å²) in [5, 5.41) is 5.46. The van der Waals surface area contributed by atoms with E-state index in [-0.39, 0.29) is 18.4 Å². The summed E-state index contributed by atoms with van der Waals surface area (Å²) in [5.41, 5.74) is 0.214. The van der Waals surface area contributed by atoms with E-state index in [9.17, 15) is 18.0 Å². The number of nitrogens with zero attached hydrogens (tertiary/aromatic N) is 1. The Bertz CT molecular complexity index is 882. The highest BCUT2D eigenvalue weighted by molar-refractivity contribution is 7.99. The van der Waals surface area contributed by atoms with E-state index in [0.717, 1.165) is 22.7 Å². The second-order valence-corrected chi connectivity index (χ2v) is 8.00. The largest absolute Gasteiger partial charge is 0.417 e. The number of pyridine rings is 1. The molecule has 0 aliphatic carbocycles. The Morgan fingerprint density at radius 2 is 1.89 bits per heavy atom. The molecule has 0 aliphatic heterocycles. The lowest BCUT2D eigenvalue weighted by Gasteiger charge is -2.18. The molecule has 1 aromatic carbocycles. The molecule has 8 heteroatoms. The van der Waals surface area contributed by atoms with E-state index in [4.69, 9.17) is 0 Å². The van der Waals surface area contributed by atoms with E-state index < -0.39 is 11.7 Å². The van der Waals surface area contributed by atoms with E-state index in [1.165, 1.54) is 17.8 Å². The first kappa shape index (κ1) is 20.4. The molecule has 1 N–H and O–H groups in total. The number of thiophene rings is 1. The van der Waals surface area contributed by atoms with Crippen LogP contribution in [0.4, 0.5) is 13.2 Å². The number of hydrogen-bond donors (Lipinski definition) is 1. The summed E-state index contributed by atoms with van der Waals surface area (Å²) < 4.78 is 37.7. The number of thioether (sulfide) groups is 1. The van der Waals surface area contributed by atoms with Gasteiger partial charge in [0.25, 0.3) is 0 Å². The first-order chi connectivity index (χ1) is 13.4. The minimum Gasteiger partial charge on any atom is -0.344 e. The highest BCUT2D eigenvalue weighted by Crippen LogP contribution is 2.30. The van der Waals surface area contributed by atoms with Crippen molar-refractivity contribution in [3.63, 3.8) is 0 Å². The Balaban J connectivity index is 1.55. The molecule has 146 valence electrons. The normalized spacial score (nSPS) is 12.5. The molecule has 28 heavy (non-hydrogen) atoms. The highest BCUT2D eigenvalue weighted by Gasteiger charge is 2.30. The van der Waals surface area contributed by atoms with E-state index in [2.05, 4.69) is 10.3 Å². The molecule has 0 bridgehead atoms. The molecule has 1 unspecified atom stereocenters. The van der Waals surface area contributed by atoms with E-state index >= 15 is 0 Å². The second-order valence-electron chi connectivity index (χ2n) is 5.91. The van der Waals surface area contributed by atoms with Gasteiger partial charge in [-0.2, -0.15) is 13.2 Å². The van der Waals surface area contributed by atoms with Gasteiger partial charge in [0.2, 0.25) is 5.91 Å². The number of amides is 1. The fourth-order valence-electron chi connectivity index (χ4n) is 2.53. The monoisotopic (exact) mass is 422 g/mol. The van der Waals surface area contributed by atoms with Crippen molar-refractivity contribution < 1.29 is 18.0 Å². The fraction of sp³-hybridized carbons (Fsp3) is 0.200. The van der Waals surface area contributed by atoms with Gasteiger partial charge in [-0.25, -0.2) is 4.98 Å². The van der Waals surface area contributed by atoms with Crippen molar-refractivity contribution in [3.8, 4) is 0 Å². The topological polar surface area (TPSA) is 42.0 Å². The van der Waals surface area contributed by atoms with Crippen LogP contribution in [0.3, 0.4) is 0 Å². The third-order valence-corrected chi connectivity index (χ3v) is 5.79. The number of rotatable bonds is 7. The molecule has 0 radical (unpaired) electrons. The molecule has 0 saturated carbocycles. The lowest BCUT2D eigenvalue weighted by Crippen LogP contribution is -2.29. The van der Waals surface area contributed by atoms with Crippen LogP contribution in [0.15, 0.2) is 71.2 Å². The zero-order valence-corrected chi connectivity index (χ0v) is 16.3. The third-order valence-electron chi connectivity index (χ3n) is 3.91. The van der Waals surface area contributed by atoms with Crippen LogP contribution in [0.5, 0.6) is 0 Å². The Morgan fingerprint density at radius 3 is 2.50 bits per heavy atom. The molecule has 3 rings (SSSR count). The van der Waals surface area contributed by atoms with E-state index in [1.54, 1.807) is 11.3 Å². The van der Waals surface area contributed by atoms with Crippen molar-refractivity contribution in [2.45, 2.75) is 23.7 Å². The fourth-order valence-corrected chi connectivity index (χ4v) is 4.13. The van der Waals surface area contributed by atoms with Crippen molar-refractivity contribution in [2.24, 2.45) is 0 Å². The van der Waals surface area contributed by atoms with E-state index in [0.29, 0.717) is 10.8 Å².